The third-order valence-electron chi connectivity index (χ3n) is 4.81. The molecule has 0 saturated carbocycles. The quantitative estimate of drug-likeness (QED) is 0.635. The molecule has 8 heteroatoms. The minimum Gasteiger partial charge on any atom is -0.486 e. The molecule has 1 atom stereocenters. The van der Waals surface area contributed by atoms with Crippen LogP contribution in [-0.2, 0) is 11.3 Å². The number of amides is 1. The van der Waals surface area contributed by atoms with Crippen molar-refractivity contribution < 1.29 is 14.3 Å². The van der Waals surface area contributed by atoms with Gasteiger partial charge in [0, 0.05) is 4.47 Å². The Labute approximate surface area is 175 Å². The zero-order chi connectivity index (χ0) is 20.4. The van der Waals surface area contributed by atoms with Crippen molar-refractivity contribution in [2.24, 2.45) is 0 Å². The highest BCUT2D eigenvalue weighted by Gasteiger charge is 2.18. The van der Waals surface area contributed by atoms with Gasteiger partial charge in [-0.3, -0.25) is 14.2 Å². The first-order chi connectivity index (χ1) is 14.0. The topological polar surface area (TPSA) is 82.5 Å². The van der Waals surface area contributed by atoms with E-state index in [-0.39, 0.29) is 24.1 Å². The molecule has 0 radical (unpaired) electrons. The molecule has 0 aliphatic carbocycles. The van der Waals surface area contributed by atoms with Crippen molar-refractivity contribution in [3.8, 4) is 11.5 Å². The van der Waals surface area contributed by atoms with Gasteiger partial charge in [-0.2, -0.15) is 0 Å². The summed E-state index contributed by atoms with van der Waals surface area (Å²) in [7, 11) is 0. The molecule has 1 unspecified atom stereocenters. The van der Waals surface area contributed by atoms with Crippen LogP contribution in [0.2, 0.25) is 0 Å². The Morgan fingerprint density at radius 2 is 2.00 bits per heavy atom. The van der Waals surface area contributed by atoms with Gasteiger partial charge in [-0.1, -0.05) is 28.9 Å². The summed E-state index contributed by atoms with van der Waals surface area (Å²) >= 11 is 3.36. The second kappa shape index (κ2) is 8.24. The number of hydrogen-bond donors (Lipinski definition) is 1. The maximum Gasteiger partial charge on any atom is 0.261 e. The smallest absolute Gasteiger partial charge is 0.261 e. The number of benzene rings is 2. The number of nitrogens with one attached hydrogen (secondary N) is 1. The van der Waals surface area contributed by atoms with Gasteiger partial charge in [0.25, 0.3) is 5.56 Å². The summed E-state index contributed by atoms with van der Waals surface area (Å²) in [4.78, 5) is 29.6. The zero-order valence-corrected chi connectivity index (χ0v) is 17.4. The van der Waals surface area contributed by atoms with E-state index < -0.39 is 0 Å². The summed E-state index contributed by atoms with van der Waals surface area (Å²) in [6, 6.07) is 10.8. The highest BCUT2D eigenvalue weighted by atomic mass is 79.9. The zero-order valence-electron chi connectivity index (χ0n) is 15.9. The number of hydrogen-bond acceptors (Lipinski definition) is 5. The average Bonchev–Trinajstić information content (AvgIpc) is 2.74. The van der Waals surface area contributed by atoms with Gasteiger partial charge in [-0.05, 0) is 42.3 Å². The molecule has 0 fully saturated rings. The minimum absolute atomic E-state index is 0.102. The number of halogens is 1. The van der Waals surface area contributed by atoms with Gasteiger partial charge in [0.15, 0.2) is 11.5 Å². The lowest BCUT2D eigenvalue weighted by Crippen LogP contribution is -2.34. The van der Waals surface area contributed by atoms with Crippen molar-refractivity contribution in [1.29, 1.82) is 0 Å². The van der Waals surface area contributed by atoms with Crippen LogP contribution in [0.4, 0.5) is 0 Å². The molecule has 2 heterocycles. The van der Waals surface area contributed by atoms with Crippen LogP contribution >= 0.6 is 15.9 Å². The van der Waals surface area contributed by atoms with E-state index in [4.69, 9.17) is 9.47 Å². The Kier molecular flexibility index (Phi) is 5.53. The van der Waals surface area contributed by atoms with Gasteiger partial charge in [-0.25, -0.2) is 4.98 Å². The largest absolute Gasteiger partial charge is 0.486 e. The molecule has 0 spiro atoms. The number of ether oxygens (including phenoxy) is 2. The summed E-state index contributed by atoms with van der Waals surface area (Å²) in [6.07, 6.45) is 2.10. The van der Waals surface area contributed by atoms with E-state index in [2.05, 4.69) is 26.2 Å². The SMILES string of the molecule is CCC(NC(=O)Cn1cnc2ccc(Br)cc2c1=O)c1ccc2c(c1)OCCO2. The first-order valence-corrected chi connectivity index (χ1v) is 10.2. The molecule has 3 aromatic rings. The van der Waals surface area contributed by atoms with E-state index >= 15 is 0 Å². The standard InChI is InChI=1S/C21H20BrN3O4/c1-2-16(13-3-6-18-19(9-13)29-8-7-28-18)24-20(26)11-25-12-23-17-5-4-14(22)10-15(17)21(25)27/h3-6,9-10,12,16H,2,7-8,11H2,1H3,(H,24,26). The number of fused-ring (bicyclic) bond motifs is 2. The van der Waals surface area contributed by atoms with E-state index in [1.807, 2.05) is 31.2 Å². The lowest BCUT2D eigenvalue weighted by Gasteiger charge is -2.22. The third kappa shape index (κ3) is 4.12. The van der Waals surface area contributed by atoms with Crippen molar-refractivity contribution >= 4 is 32.7 Å². The second-order valence-electron chi connectivity index (χ2n) is 6.77. The summed E-state index contributed by atoms with van der Waals surface area (Å²) in [5.41, 5.74) is 1.27. The first-order valence-electron chi connectivity index (χ1n) is 9.38. The maximum atomic E-state index is 12.7. The number of aromatic nitrogens is 2. The van der Waals surface area contributed by atoms with Gasteiger partial charge < -0.3 is 14.8 Å². The average molecular weight is 458 g/mol. The summed E-state index contributed by atoms with van der Waals surface area (Å²) in [6.45, 7) is 2.93. The van der Waals surface area contributed by atoms with Gasteiger partial charge >= 0.3 is 0 Å². The van der Waals surface area contributed by atoms with Crippen molar-refractivity contribution in [3.05, 3.63) is 63.1 Å². The maximum absolute atomic E-state index is 12.7. The van der Waals surface area contributed by atoms with E-state index in [0.717, 1.165) is 10.0 Å². The molecule has 1 aliphatic heterocycles. The van der Waals surface area contributed by atoms with Gasteiger partial charge in [-0.15, -0.1) is 0 Å². The molecule has 150 valence electrons. The van der Waals surface area contributed by atoms with Crippen LogP contribution in [0.1, 0.15) is 24.9 Å². The molecule has 1 amide bonds. The predicted molar refractivity (Wildman–Crippen MR) is 112 cm³/mol. The van der Waals surface area contributed by atoms with Gasteiger partial charge in [0.2, 0.25) is 5.91 Å². The van der Waals surface area contributed by atoms with E-state index in [0.29, 0.717) is 42.0 Å². The Balaban J connectivity index is 1.52. The fourth-order valence-corrected chi connectivity index (χ4v) is 3.70. The van der Waals surface area contributed by atoms with Crippen molar-refractivity contribution in [1.82, 2.24) is 14.9 Å². The second-order valence-corrected chi connectivity index (χ2v) is 7.69. The molecule has 1 N–H and O–H groups in total. The monoisotopic (exact) mass is 457 g/mol. The molecule has 0 bridgehead atoms. The molecular formula is C21H20BrN3O4. The van der Waals surface area contributed by atoms with Gasteiger partial charge in [0.1, 0.15) is 19.8 Å². The Morgan fingerprint density at radius 3 is 2.79 bits per heavy atom. The van der Waals surface area contributed by atoms with Crippen molar-refractivity contribution in [2.75, 3.05) is 13.2 Å². The molecule has 4 rings (SSSR count). The number of rotatable bonds is 5. The third-order valence-corrected chi connectivity index (χ3v) is 5.31. The van der Waals surface area contributed by atoms with Crippen LogP contribution in [-0.4, -0.2) is 28.7 Å². The Hall–Kier alpha value is -2.87. The van der Waals surface area contributed by atoms with Crippen LogP contribution < -0.4 is 20.3 Å². The fourth-order valence-electron chi connectivity index (χ4n) is 3.34. The Morgan fingerprint density at radius 1 is 1.21 bits per heavy atom. The molecule has 7 nitrogen and oxygen atoms in total. The lowest BCUT2D eigenvalue weighted by molar-refractivity contribution is -0.122. The fraction of sp³-hybridized carbons (Fsp3) is 0.286. The molecule has 0 saturated heterocycles. The van der Waals surface area contributed by atoms with E-state index in [1.165, 1.54) is 10.9 Å². The number of carbonyl (C=O) groups is 1. The summed E-state index contributed by atoms with van der Waals surface area (Å²) in [5, 5.41) is 3.46. The van der Waals surface area contributed by atoms with Gasteiger partial charge in [0.05, 0.1) is 23.3 Å². The van der Waals surface area contributed by atoms with Crippen LogP contribution in [0.15, 0.2) is 52.0 Å². The highest BCUT2D eigenvalue weighted by Crippen LogP contribution is 2.33. The summed E-state index contributed by atoms with van der Waals surface area (Å²) in [5.74, 6) is 1.13. The first kappa shape index (κ1) is 19.4. The number of nitrogens with zero attached hydrogens (tertiary/aromatic N) is 2. The van der Waals surface area contributed by atoms with Crippen molar-refractivity contribution in [3.63, 3.8) is 0 Å². The molecule has 2 aromatic carbocycles. The van der Waals surface area contributed by atoms with Crippen LogP contribution in [0, 0.1) is 0 Å². The van der Waals surface area contributed by atoms with Crippen LogP contribution in [0.5, 0.6) is 11.5 Å². The van der Waals surface area contributed by atoms with E-state index in [1.54, 1.807) is 12.1 Å². The summed E-state index contributed by atoms with van der Waals surface area (Å²) < 4.78 is 13.3. The minimum atomic E-state index is -0.259. The molecular weight excluding hydrogens is 438 g/mol. The van der Waals surface area contributed by atoms with Crippen LogP contribution in [0.3, 0.4) is 0 Å². The van der Waals surface area contributed by atoms with Crippen LogP contribution in [0.25, 0.3) is 10.9 Å². The molecule has 29 heavy (non-hydrogen) atoms. The lowest BCUT2D eigenvalue weighted by atomic mass is 10.0. The van der Waals surface area contributed by atoms with Crippen molar-refractivity contribution in [2.45, 2.75) is 25.9 Å². The highest BCUT2D eigenvalue weighted by molar-refractivity contribution is 9.10. The molecule has 1 aliphatic rings. The Bertz CT molecular complexity index is 1130. The molecule has 1 aromatic heterocycles. The van der Waals surface area contributed by atoms with E-state index in [9.17, 15) is 9.59 Å². The normalized spacial score (nSPS) is 13.9. The number of carbonyl (C=O) groups excluding carboxylic acids is 1. The predicted octanol–water partition coefficient (Wildman–Crippen LogP) is 3.20.